The topological polar surface area (TPSA) is 79.7 Å². The molecule has 100 valence electrons. The van der Waals surface area contributed by atoms with Crippen LogP contribution in [0.3, 0.4) is 0 Å². The molecule has 0 fully saturated rings. The van der Waals surface area contributed by atoms with Crippen molar-refractivity contribution in [1.82, 2.24) is 0 Å². The number of methoxy groups -OCH3 is 2. The molecule has 0 bridgehead atoms. The second-order valence-electron chi connectivity index (χ2n) is 4.01. The van der Waals surface area contributed by atoms with E-state index in [0.29, 0.717) is 40.5 Å². The number of nitrogens with two attached hydrogens (primary N) is 2. The average molecular weight is 270 g/mol. The summed E-state index contributed by atoms with van der Waals surface area (Å²) in [6.07, 6.45) is 1.01. The molecule has 0 aromatic heterocycles. The van der Waals surface area contributed by atoms with Gasteiger partial charge in [-0.2, -0.15) is 0 Å². The number of fused-ring (bicyclic) bond motifs is 1. The zero-order chi connectivity index (χ0) is 13.3. The van der Waals surface area contributed by atoms with Crippen LogP contribution in [0.15, 0.2) is 4.90 Å². The van der Waals surface area contributed by atoms with Crippen LogP contribution in [0.5, 0.6) is 17.2 Å². The third kappa shape index (κ3) is 1.90. The van der Waals surface area contributed by atoms with Crippen LogP contribution >= 0.6 is 11.8 Å². The van der Waals surface area contributed by atoms with Crippen molar-refractivity contribution in [3.63, 3.8) is 0 Å². The lowest BCUT2D eigenvalue weighted by Crippen LogP contribution is -2.20. The molecule has 1 heterocycles. The minimum atomic E-state index is 0.386. The van der Waals surface area contributed by atoms with Crippen molar-refractivity contribution in [2.75, 3.05) is 32.3 Å². The monoisotopic (exact) mass is 270 g/mol. The second-order valence-corrected chi connectivity index (χ2v) is 5.32. The molecule has 18 heavy (non-hydrogen) atoms. The van der Waals surface area contributed by atoms with Crippen molar-refractivity contribution in [2.24, 2.45) is 0 Å². The summed E-state index contributed by atoms with van der Waals surface area (Å²) in [5.74, 6) is 1.52. The van der Waals surface area contributed by atoms with Crippen LogP contribution in [0, 0.1) is 0 Å². The molecule has 5 nitrogen and oxygen atoms in total. The molecule has 0 saturated carbocycles. The van der Waals surface area contributed by atoms with Crippen molar-refractivity contribution < 1.29 is 14.2 Å². The van der Waals surface area contributed by atoms with Gasteiger partial charge in [-0.1, -0.05) is 6.92 Å². The largest absolute Gasteiger partial charge is 0.491 e. The third-order valence-corrected chi connectivity index (χ3v) is 4.40. The van der Waals surface area contributed by atoms with Gasteiger partial charge in [-0.05, 0) is 6.42 Å². The lowest BCUT2D eigenvalue weighted by Gasteiger charge is -2.28. The summed E-state index contributed by atoms with van der Waals surface area (Å²) < 4.78 is 16.3. The van der Waals surface area contributed by atoms with Gasteiger partial charge in [0.25, 0.3) is 0 Å². The van der Waals surface area contributed by atoms with Crippen molar-refractivity contribution in [1.29, 1.82) is 0 Å². The van der Waals surface area contributed by atoms with Gasteiger partial charge in [0.15, 0.2) is 17.2 Å². The van der Waals surface area contributed by atoms with Gasteiger partial charge in [-0.3, -0.25) is 0 Å². The molecule has 0 radical (unpaired) electrons. The number of hydrogen-bond donors (Lipinski definition) is 2. The van der Waals surface area contributed by atoms with E-state index in [0.717, 1.165) is 11.3 Å². The Hall–Kier alpha value is -1.43. The highest BCUT2D eigenvalue weighted by molar-refractivity contribution is 8.00. The van der Waals surface area contributed by atoms with Gasteiger partial charge < -0.3 is 25.7 Å². The highest BCUT2D eigenvalue weighted by atomic mass is 32.2. The fraction of sp³-hybridized carbons (Fsp3) is 0.500. The number of rotatable bonds is 3. The number of anilines is 2. The molecule has 0 aliphatic carbocycles. The van der Waals surface area contributed by atoms with Crippen LogP contribution in [-0.4, -0.2) is 26.1 Å². The Morgan fingerprint density at radius 3 is 2.39 bits per heavy atom. The predicted octanol–water partition coefficient (Wildman–Crippen LogP) is 2.13. The SMILES string of the molecule is CCC1COc2c(N)c(OC)c(OC)c(N)c2S1. The average Bonchev–Trinajstić information content (AvgIpc) is 2.41. The lowest BCUT2D eigenvalue weighted by molar-refractivity contribution is 0.297. The number of benzene rings is 1. The van der Waals surface area contributed by atoms with Crippen LogP contribution in [0.25, 0.3) is 0 Å². The Morgan fingerprint density at radius 2 is 1.83 bits per heavy atom. The number of thioether (sulfide) groups is 1. The summed E-state index contributed by atoms with van der Waals surface area (Å²) in [5, 5.41) is 0.386. The van der Waals surface area contributed by atoms with Crippen LogP contribution in [0.2, 0.25) is 0 Å². The van der Waals surface area contributed by atoms with E-state index in [1.165, 1.54) is 7.11 Å². The first-order valence-electron chi connectivity index (χ1n) is 5.76. The van der Waals surface area contributed by atoms with Crippen molar-refractivity contribution in [2.45, 2.75) is 23.5 Å². The Morgan fingerprint density at radius 1 is 1.22 bits per heavy atom. The summed E-state index contributed by atoms with van der Waals surface area (Å²) in [4.78, 5) is 0.850. The highest BCUT2D eigenvalue weighted by Gasteiger charge is 2.29. The Balaban J connectivity index is 2.58. The van der Waals surface area contributed by atoms with Gasteiger partial charge in [0.1, 0.15) is 12.3 Å². The van der Waals surface area contributed by atoms with Gasteiger partial charge in [-0.15, -0.1) is 11.8 Å². The second kappa shape index (κ2) is 5.06. The molecule has 1 aromatic carbocycles. The van der Waals surface area contributed by atoms with Gasteiger partial charge in [0, 0.05) is 5.25 Å². The third-order valence-electron chi connectivity index (χ3n) is 2.95. The van der Waals surface area contributed by atoms with E-state index >= 15 is 0 Å². The molecule has 1 atom stereocenters. The van der Waals surface area contributed by atoms with E-state index in [9.17, 15) is 0 Å². The van der Waals surface area contributed by atoms with Crippen molar-refractivity contribution >= 4 is 23.1 Å². The standard InChI is InChI=1S/C12H18N2O3S/c1-4-6-5-17-11-7(13)9(15-2)10(16-3)8(14)12(11)18-6/h6H,4-5,13-14H2,1-3H3. The molecule has 1 aromatic rings. The van der Waals surface area contributed by atoms with Crippen LogP contribution in [0.4, 0.5) is 11.4 Å². The molecule has 1 aliphatic heterocycles. The Bertz CT molecular complexity index is 465. The fourth-order valence-electron chi connectivity index (χ4n) is 1.94. The van der Waals surface area contributed by atoms with Crippen LogP contribution < -0.4 is 25.7 Å². The number of nitrogen functional groups attached to an aromatic ring is 2. The zero-order valence-electron chi connectivity index (χ0n) is 10.8. The van der Waals surface area contributed by atoms with Gasteiger partial charge in [-0.25, -0.2) is 0 Å². The molecule has 0 saturated heterocycles. The first kappa shape index (κ1) is 13.0. The highest BCUT2D eigenvalue weighted by Crippen LogP contribution is 2.54. The summed E-state index contributed by atoms with van der Waals surface area (Å²) in [7, 11) is 3.08. The summed E-state index contributed by atoms with van der Waals surface area (Å²) in [6, 6.07) is 0. The predicted molar refractivity (Wildman–Crippen MR) is 73.8 cm³/mol. The summed E-state index contributed by atoms with van der Waals surface area (Å²) in [6.45, 7) is 2.75. The maximum absolute atomic E-state index is 6.12. The van der Waals surface area contributed by atoms with E-state index < -0.39 is 0 Å². The molecule has 0 amide bonds. The molecule has 1 aliphatic rings. The summed E-state index contributed by atoms with van der Waals surface area (Å²) in [5.41, 5.74) is 13.1. The molecular weight excluding hydrogens is 252 g/mol. The minimum absolute atomic E-state index is 0.386. The molecule has 0 spiro atoms. The quantitative estimate of drug-likeness (QED) is 0.819. The Labute approximate surface area is 111 Å². The fourth-order valence-corrected chi connectivity index (χ4v) is 3.07. The molecule has 6 heteroatoms. The zero-order valence-corrected chi connectivity index (χ0v) is 11.6. The summed E-state index contributed by atoms with van der Waals surface area (Å²) >= 11 is 1.68. The van der Waals surface area contributed by atoms with Gasteiger partial charge >= 0.3 is 0 Å². The van der Waals surface area contributed by atoms with Crippen LogP contribution in [0.1, 0.15) is 13.3 Å². The van der Waals surface area contributed by atoms with Gasteiger partial charge in [0.05, 0.1) is 24.8 Å². The number of ether oxygens (including phenoxy) is 3. The first-order chi connectivity index (χ1) is 8.63. The Kier molecular flexibility index (Phi) is 3.65. The minimum Gasteiger partial charge on any atom is -0.491 e. The number of hydrogen-bond acceptors (Lipinski definition) is 6. The molecular formula is C12H18N2O3S. The maximum Gasteiger partial charge on any atom is 0.189 e. The normalized spacial score (nSPS) is 17.8. The molecule has 4 N–H and O–H groups in total. The molecule has 2 rings (SSSR count). The lowest BCUT2D eigenvalue weighted by atomic mass is 10.2. The van der Waals surface area contributed by atoms with Crippen molar-refractivity contribution in [3.05, 3.63) is 0 Å². The maximum atomic E-state index is 6.12. The smallest absolute Gasteiger partial charge is 0.189 e. The van der Waals surface area contributed by atoms with Crippen molar-refractivity contribution in [3.8, 4) is 17.2 Å². The van der Waals surface area contributed by atoms with E-state index in [1.807, 2.05) is 0 Å². The van der Waals surface area contributed by atoms with Gasteiger partial charge in [0.2, 0.25) is 0 Å². The van der Waals surface area contributed by atoms with E-state index in [2.05, 4.69) is 6.92 Å². The first-order valence-corrected chi connectivity index (χ1v) is 6.64. The molecule has 1 unspecified atom stereocenters. The van der Waals surface area contributed by atoms with E-state index in [-0.39, 0.29) is 0 Å². The van der Waals surface area contributed by atoms with E-state index in [1.54, 1.807) is 18.9 Å². The van der Waals surface area contributed by atoms with E-state index in [4.69, 9.17) is 25.7 Å². The van der Waals surface area contributed by atoms with Crippen LogP contribution in [-0.2, 0) is 0 Å².